The quantitative estimate of drug-likeness (QED) is 0.678. The van der Waals surface area contributed by atoms with Gasteiger partial charge in [-0.05, 0) is 11.8 Å². The summed E-state index contributed by atoms with van der Waals surface area (Å²) in [4.78, 5) is 17.6. The van der Waals surface area contributed by atoms with E-state index in [-0.39, 0.29) is 22.1 Å². The maximum atomic E-state index is 10.9. The maximum absolute atomic E-state index is 10.9. The summed E-state index contributed by atoms with van der Waals surface area (Å²) in [7, 11) is 0. The van der Waals surface area contributed by atoms with E-state index < -0.39 is 0 Å². The molecule has 6 nitrogen and oxygen atoms in total. The topological polar surface area (TPSA) is 85.3 Å². The van der Waals surface area contributed by atoms with Gasteiger partial charge in [0, 0.05) is 48.8 Å². The minimum Gasteiger partial charge on any atom is -0.327 e. The molecule has 1 aliphatic heterocycles. The van der Waals surface area contributed by atoms with Crippen molar-refractivity contribution < 1.29 is 4.92 Å². The molecule has 1 aliphatic rings. The van der Waals surface area contributed by atoms with Gasteiger partial charge >= 0.3 is 0 Å². The van der Waals surface area contributed by atoms with Crippen molar-refractivity contribution in [1.29, 1.82) is 0 Å². The van der Waals surface area contributed by atoms with E-state index in [4.69, 9.17) is 5.73 Å². The summed E-state index contributed by atoms with van der Waals surface area (Å²) < 4.78 is 0. The smallest absolute Gasteiger partial charge is 0.270 e. The van der Waals surface area contributed by atoms with E-state index in [1.54, 1.807) is 12.1 Å². The molecule has 0 aliphatic carbocycles. The predicted molar refractivity (Wildman–Crippen MR) is 95.9 cm³/mol. The normalized spacial score (nSPS) is 20.9. The molecule has 2 N–H and O–H groups in total. The molecule has 1 atom stereocenters. The van der Waals surface area contributed by atoms with Crippen LogP contribution in [-0.4, -0.2) is 33.9 Å². The average molecular weight is 346 g/mol. The lowest BCUT2D eigenvalue weighted by Crippen LogP contribution is -2.52. The Morgan fingerprint density at radius 1 is 1.50 bits per heavy atom. The number of aromatic nitrogens is 1. The number of nitrogens with two attached hydrogens (primary N) is 1. The van der Waals surface area contributed by atoms with Crippen LogP contribution < -0.4 is 5.73 Å². The van der Waals surface area contributed by atoms with E-state index in [1.165, 1.54) is 17.4 Å². The second-order valence-corrected chi connectivity index (χ2v) is 7.90. The summed E-state index contributed by atoms with van der Waals surface area (Å²) in [5.41, 5.74) is 8.19. The van der Waals surface area contributed by atoms with Gasteiger partial charge < -0.3 is 5.73 Å². The van der Waals surface area contributed by atoms with Crippen molar-refractivity contribution in [3.8, 4) is 10.6 Å². The molecule has 1 aromatic heterocycles. The van der Waals surface area contributed by atoms with Gasteiger partial charge in [-0.3, -0.25) is 15.0 Å². The zero-order valence-corrected chi connectivity index (χ0v) is 14.8. The van der Waals surface area contributed by atoms with Crippen molar-refractivity contribution in [3.05, 3.63) is 45.5 Å². The predicted octanol–water partition coefficient (Wildman–Crippen LogP) is 3.28. The lowest BCUT2D eigenvalue weighted by atomic mass is 9.80. The first-order valence-electron chi connectivity index (χ1n) is 8.02. The molecule has 0 radical (unpaired) electrons. The Morgan fingerprint density at radius 2 is 2.29 bits per heavy atom. The highest BCUT2D eigenvalue weighted by Crippen LogP contribution is 2.30. The van der Waals surface area contributed by atoms with Crippen LogP contribution >= 0.6 is 11.3 Å². The summed E-state index contributed by atoms with van der Waals surface area (Å²) in [6, 6.07) is 6.87. The number of hydrogen-bond acceptors (Lipinski definition) is 6. The Morgan fingerprint density at radius 3 is 3.00 bits per heavy atom. The van der Waals surface area contributed by atoms with Crippen molar-refractivity contribution in [3.63, 3.8) is 0 Å². The third-order valence-electron chi connectivity index (χ3n) is 4.63. The van der Waals surface area contributed by atoms with Crippen LogP contribution in [0.25, 0.3) is 10.6 Å². The van der Waals surface area contributed by atoms with E-state index >= 15 is 0 Å². The van der Waals surface area contributed by atoms with E-state index in [1.807, 2.05) is 11.4 Å². The van der Waals surface area contributed by atoms with E-state index in [0.29, 0.717) is 0 Å². The van der Waals surface area contributed by atoms with Gasteiger partial charge in [-0.25, -0.2) is 4.98 Å². The molecule has 0 bridgehead atoms. The van der Waals surface area contributed by atoms with Gasteiger partial charge in [0.2, 0.25) is 0 Å². The van der Waals surface area contributed by atoms with Crippen molar-refractivity contribution in [2.45, 2.75) is 32.9 Å². The van der Waals surface area contributed by atoms with Gasteiger partial charge in [0.25, 0.3) is 5.69 Å². The number of nitro groups is 1. The number of nitro benzene ring substituents is 1. The first-order valence-corrected chi connectivity index (χ1v) is 8.90. The maximum Gasteiger partial charge on any atom is 0.270 e. The highest BCUT2D eigenvalue weighted by molar-refractivity contribution is 7.13. The Hall–Kier alpha value is -1.83. The van der Waals surface area contributed by atoms with Gasteiger partial charge in [0.15, 0.2) is 0 Å². The van der Waals surface area contributed by atoms with Gasteiger partial charge in [-0.15, -0.1) is 11.3 Å². The molecule has 1 unspecified atom stereocenters. The van der Waals surface area contributed by atoms with Crippen molar-refractivity contribution in [1.82, 2.24) is 9.88 Å². The molecule has 2 heterocycles. The summed E-state index contributed by atoms with van der Waals surface area (Å²) >= 11 is 1.53. The highest BCUT2D eigenvalue weighted by Gasteiger charge is 2.33. The fraction of sp³-hybridized carbons (Fsp3) is 0.471. The first-order chi connectivity index (χ1) is 11.3. The van der Waals surface area contributed by atoms with Crippen LogP contribution in [0.3, 0.4) is 0 Å². The summed E-state index contributed by atoms with van der Waals surface area (Å²) in [6.07, 6.45) is 0.995. The second-order valence-electron chi connectivity index (χ2n) is 7.05. The second kappa shape index (κ2) is 6.58. The van der Waals surface area contributed by atoms with Crippen molar-refractivity contribution in [2.75, 3.05) is 13.1 Å². The molecule has 1 saturated heterocycles. The minimum absolute atomic E-state index is 0.0935. The largest absolute Gasteiger partial charge is 0.327 e. The van der Waals surface area contributed by atoms with Gasteiger partial charge in [-0.1, -0.05) is 26.0 Å². The molecule has 1 fully saturated rings. The van der Waals surface area contributed by atoms with Crippen LogP contribution in [0.5, 0.6) is 0 Å². The lowest BCUT2D eigenvalue weighted by Gasteiger charge is -2.42. The minimum atomic E-state index is -0.378. The highest BCUT2D eigenvalue weighted by atomic mass is 32.1. The number of non-ortho nitro benzene ring substituents is 1. The Kier molecular flexibility index (Phi) is 4.67. The SMILES string of the molecule is CC1(C)CN(Cc2csc(-c3cccc([N+](=O)[O-])c3)n2)CCC1N. The molecule has 24 heavy (non-hydrogen) atoms. The fourth-order valence-corrected chi connectivity index (χ4v) is 3.92. The molecule has 3 rings (SSSR count). The third kappa shape index (κ3) is 3.63. The van der Waals surface area contributed by atoms with Gasteiger partial charge in [0.05, 0.1) is 10.6 Å². The molecule has 7 heteroatoms. The van der Waals surface area contributed by atoms with Crippen molar-refractivity contribution in [2.24, 2.45) is 11.1 Å². The van der Waals surface area contributed by atoms with Crippen LogP contribution in [0.1, 0.15) is 26.0 Å². The number of likely N-dealkylation sites (tertiary alicyclic amines) is 1. The van der Waals surface area contributed by atoms with Crippen LogP contribution in [0.2, 0.25) is 0 Å². The number of hydrogen-bond donors (Lipinski definition) is 1. The molecule has 128 valence electrons. The first kappa shape index (κ1) is 17.0. The van der Waals surface area contributed by atoms with Crippen LogP contribution in [0, 0.1) is 15.5 Å². The standard InChI is InChI=1S/C17H22N4O2S/c1-17(2)11-20(7-6-15(17)18)9-13-10-24-16(19-13)12-4-3-5-14(8-12)21(22)23/h3-5,8,10,15H,6-7,9,11,18H2,1-2H3. The zero-order chi connectivity index (χ0) is 17.3. The fourth-order valence-electron chi connectivity index (χ4n) is 3.11. The molecule has 0 amide bonds. The number of piperidine rings is 1. The van der Waals surface area contributed by atoms with Crippen molar-refractivity contribution >= 4 is 17.0 Å². The molecular formula is C17H22N4O2S. The van der Waals surface area contributed by atoms with E-state index in [0.717, 1.165) is 42.3 Å². The molecule has 0 saturated carbocycles. The number of nitrogens with zero attached hydrogens (tertiary/aromatic N) is 3. The summed E-state index contributed by atoms with van der Waals surface area (Å²) in [5.74, 6) is 0. The van der Waals surface area contributed by atoms with Crippen LogP contribution in [0.15, 0.2) is 29.6 Å². The summed E-state index contributed by atoms with van der Waals surface area (Å²) in [5, 5.41) is 13.8. The molecule has 0 spiro atoms. The Balaban J connectivity index is 1.72. The average Bonchev–Trinajstić information content (AvgIpc) is 2.99. The Labute approximate surface area is 145 Å². The van der Waals surface area contributed by atoms with Crippen LogP contribution in [0.4, 0.5) is 5.69 Å². The summed E-state index contributed by atoms with van der Waals surface area (Å²) in [6.45, 7) is 7.15. The zero-order valence-electron chi connectivity index (χ0n) is 13.9. The van der Waals surface area contributed by atoms with Gasteiger partial charge in [-0.2, -0.15) is 0 Å². The molecular weight excluding hydrogens is 324 g/mol. The van der Waals surface area contributed by atoms with E-state index in [9.17, 15) is 10.1 Å². The monoisotopic (exact) mass is 346 g/mol. The molecule has 2 aromatic rings. The number of rotatable bonds is 4. The van der Waals surface area contributed by atoms with Crippen LogP contribution in [-0.2, 0) is 6.54 Å². The Bertz CT molecular complexity index is 744. The number of benzene rings is 1. The number of thiazole rings is 1. The third-order valence-corrected chi connectivity index (χ3v) is 5.57. The molecule has 1 aromatic carbocycles. The van der Waals surface area contributed by atoms with Gasteiger partial charge in [0.1, 0.15) is 5.01 Å². The van der Waals surface area contributed by atoms with E-state index in [2.05, 4.69) is 23.7 Å². The lowest BCUT2D eigenvalue weighted by molar-refractivity contribution is -0.384.